The Hall–Kier alpha value is -2.91. The van der Waals surface area contributed by atoms with Crippen LogP contribution in [-0.2, 0) is 14.8 Å². The fourth-order valence-electron chi connectivity index (χ4n) is 3.98. The maximum atomic E-state index is 12.9. The molecule has 2 heterocycles. The van der Waals surface area contributed by atoms with Crippen LogP contribution in [0.25, 0.3) is 0 Å². The Balaban J connectivity index is 1.37. The van der Waals surface area contributed by atoms with Crippen LogP contribution in [0.2, 0.25) is 0 Å². The number of carbonyl (C=O) groups is 2. The fraction of sp³-hybridized carbons (Fsp3) is 0.364. The van der Waals surface area contributed by atoms with Gasteiger partial charge in [-0.3, -0.25) is 9.59 Å². The molecule has 2 fully saturated rings. The number of nitrogens with one attached hydrogen (secondary N) is 2. The number of piperazine rings is 1. The predicted octanol–water partition coefficient (Wildman–Crippen LogP) is 1.06. The summed E-state index contributed by atoms with van der Waals surface area (Å²) >= 11 is 0. The van der Waals surface area contributed by atoms with Crippen molar-refractivity contribution in [3.05, 3.63) is 60.2 Å². The summed E-state index contributed by atoms with van der Waals surface area (Å²) in [4.78, 5) is 26.6. The Morgan fingerprint density at radius 3 is 2.68 bits per heavy atom. The summed E-state index contributed by atoms with van der Waals surface area (Å²) < 4.78 is 26.8. The molecule has 0 aliphatic carbocycles. The topological polar surface area (TPSA) is 98.8 Å². The average molecular weight is 443 g/mol. The third-order valence-corrected chi connectivity index (χ3v) is 7.54. The molecule has 0 bridgehead atoms. The van der Waals surface area contributed by atoms with Crippen molar-refractivity contribution < 1.29 is 18.0 Å². The van der Waals surface area contributed by atoms with Crippen molar-refractivity contribution in [2.24, 2.45) is 5.92 Å². The average Bonchev–Trinajstić information content (AvgIpc) is 3.27. The van der Waals surface area contributed by atoms with Gasteiger partial charge in [0.05, 0.1) is 11.4 Å². The highest BCUT2D eigenvalue weighted by Gasteiger charge is 2.29. The first-order valence-corrected chi connectivity index (χ1v) is 11.8. The normalized spacial score (nSPS) is 19.8. The molecule has 2 aliphatic rings. The van der Waals surface area contributed by atoms with Gasteiger partial charge in [0.2, 0.25) is 15.9 Å². The van der Waals surface area contributed by atoms with E-state index in [-0.39, 0.29) is 36.3 Å². The van der Waals surface area contributed by atoms with Gasteiger partial charge >= 0.3 is 0 Å². The SMILES string of the molecule is O=C1CN(S(=O)(=O)c2cccc(C(=O)NCC3CCN(c4ccccc4)C3)c2)CCN1. The first-order chi connectivity index (χ1) is 14.9. The van der Waals surface area contributed by atoms with Crippen molar-refractivity contribution in [2.45, 2.75) is 11.3 Å². The molecule has 2 aromatic rings. The van der Waals surface area contributed by atoms with Crippen LogP contribution in [0, 0.1) is 5.92 Å². The molecule has 0 aromatic heterocycles. The molecule has 2 amide bonds. The molecule has 0 radical (unpaired) electrons. The Morgan fingerprint density at radius 1 is 1.10 bits per heavy atom. The van der Waals surface area contributed by atoms with Crippen molar-refractivity contribution in [1.29, 1.82) is 0 Å². The second-order valence-corrected chi connectivity index (χ2v) is 9.80. The lowest BCUT2D eigenvalue weighted by atomic mass is 10.1. The zero-order valence-corrected chi connectivity index (χ0v) is 18.0. The summed E-state index contributed by atoms with van der Waals surface area (Å²) in [5.41, 5.74) is 1.47. The van der Waals surface area contributed by atoms with Gasteiger partial charge in [0.15, 0.2) is 0 Å². The van der Waals surface area contributed by atoms with Crippen LogP contribution in [0.15, 0.2) is 59.5 Å². The smallest absolute Gasteiger partial charge is 0.251 e. The van der Waals surface area contributed by atoms with Crippen LogP contribution in [0.5, 0.6) is 0 Å². The highest BCUT2D eigenvalue weighted by Crippen LogP contribution is 2.23. The van der Waals surface area contributed by atoms with Crippen LogP contribution in [-0.4, -0.2) is 63.8 Å². The van der Waals surface area contributed by atoms with Gasteiger partial charge in [-0.2, -0.15) is 4.31 Å². The summed E-state index contributed by atoms with van der Waals surface area (Å²) in [7, 11) is -3.83. The number of rotatable bonds is 6. The number of carbonyl (C=O) groups excluding carboxylic acids is 2. The number of hydrogen-bond acceptors (Lipinski definition) is 5. The van der Waals surface area contributed by atoms with Crippen molar-refractivity contribution in [3.8, 4) is 0 Å². The lowest BCUT2D eigenvalue weighted by Gasteiger charge is -2.26. The summed E-state index contributed by atoms with van der Waals surface area (Å²) in [5.74, 6) is -0.292. The third kappa shape index (κ3) is 4.88. The Morgan fingerprint density at radius 2 is 1.90 bits per heavy atom. The van der Waals surface area contributed by atoms with Gasteiger partial charge in [0, 0.05) is 44.0 Å². The number of nitrogens with zero attached hydrogens (tertiary/aromatic N) is 2. The number of sulfonamides is 1. The molecule has 4 rings (SSSR count). The summed E-state index contributed by atoms with van der Waals surface area (Å²) in [6.07, 6.45) is 0.987. The van der Waals surface area contributed by atoms with E-state index in [1.165, 1.54) is 17.8 Å². The minimum Gasteiger partial charge on any atom is -0.371 e. The van der Waals surface area contributed by atoms with Gasteiger partial charge in [0.25, 0.3) is 5.91 Å². The lowest BCUT2D eigenvalue weighted by Crippen LogP contribution is -2.49. The summed E-state index contributed by atoms with van der Waals surface area (Å²) in [6.45, 7) is 2.63. The van der Waals surface area contributed by atoms with Crippen LogP contribution in [0.3, 0.4) is 0 Å². The van der Waals surface area contributed by atoms with E-state index in [0.29, 0.717) is 18.0 Å². The van der Waals surface area contributed by atoms with Crippen LogP contribution in [0.4, 0.5) is 5.69 Å². The van der Waals surface area contributed by atoms with Crippen LogP contribution < -0.4 is 15.5 Å². The first kappa shape index (κ1) is 21.3. The Bertz CT molecular complexity index is 1060. The number of hydrogen-bond donors (Lipinski definition) is 2. The molecule has 8 nitrogen and oxygen atoms in total. The number of anilines is 1. The summed E-state index contributed by atoms with van der Waals surface area (Å²) in [6, 6.07) is 16.2. The number of benzene rings is 2. The van der Waals surface area contributed by atoms with E-state index in [9.17, 15) is 18.0 Å². The minimum atomic E-state index is -3.83. The number of para-hydroxylation sites is 1. The van der Waals surface area contributed by atoms with E-state index in [1.54, 1.807) is 12.1 Å². The Kier molecular flexibility index (Phi) is 6.24. The molecule has 2 N–H and O–H groups in total. The summed E-state index contributed by atoms with van der Waals surface area (Å²) in [5, 5.41) is 5.55. The van der Waals surface area contributed by atoms with E-state index in [4.69, 9.17) is 0 Å². The van der Waals surface area contributed by atoms with Crippen molar-refractivity contribution in [3.63, 3.8) is 0 Å². The van der Waals surface area contributed by atoms with Gasteiger partial charge < -0.3 is 15.5 Å². The van der Waals surface area contributed by atoms with Crippen molar-refractivity contribution in [2.75, 3.05) is 44.2 Å². The minimum absolute atomic E-state index is 0.0194. The van der Waals surface area contributed by atoms with E-state index >= 15 is 0 Å². The zero-order valence-electron chi connectivity index (χ0n) is 17.2. The van der Waals surface area contributed by atoms with Crippen molar-refractivity contribution in [1.82, 2.24) is 14.9 Å². The standard InChI is InChI=1S/C22H26N4O4S/c27-21-16-26(12-10-23-21)31(29,30)20-8-4-5-18(13-20)22(28)24-14-17-9-11-25(15-17)19-6-2-1-3-7-19/h1-8,13,17H,9-12,14-16H2,(H,23,27)(H,24,28). The lowest BCUT2D eigenvalue weighted by molar-refractivity contribution is -0.122. The van der Waals surface area contributed by atoms with E-state index in [1.807, 2.05) is 18.2 Å². The molecular weight excluding hydrogens is 416 g/mol. The molecule has 0 saturated carbocycles. The molecule has 9 heteroatoms. The maximum absolute atomic E-state index is 12.9. The maximum Gasteiger partial charge on any atom is 0.251 e. The highest BCUT2D eigenvalue weighted by atomic mass is 32.2. The van der Waals surface area contributed by atoms with Crippen LogP contribution in [0.1, 0.15) is 16.8 Å². The van der Waals surface area contributed by atoms with E-state index in [2.05, 4.69) is 27.7 Å². The molecule has 164 valence electrons. The van der Waals surface area contributed by atoms with Gasteiger partial charge in [-0.05, 0) is 42.7 Å². The monoisotopic (exact) mass is 442 g/mol. The van der Waals surface area contributed by atoms with Crippen LogP contribution >= 0.6 is 0 Å². The predicted molar refractivity (Wildman–Crippen MR) is 117 cm³/mol. The van der Waals surface area contributed by atoms with Crippen molar-refractivity contribution >= 4 is 27.5 Å². The molecule has 2 aliphatic heterocycles. The quantitative estimate of drug-likeness (QED) is 0.697. The van der Waals surface area contributed by atoms with Gasteiger partial charge in [-0.1, -0.05) is 24.3 Å². The molecule has 1 atom stereocenters. The van der Waals surface area contributed by atoms with E-state index in [0.717, 1.165) is 23.8 Å². The zero-order chi connectivity index (χ0) is 21.8. The second-order valence-electron chi connectivity index (χ2n) is 7.86. The second kappa shape index (κ2) is 9.07. The highest BCUT2D eigenvalue weighted by molar-refractivity contribution is 7.89. The van der Waals surface area contributed by atoms with Gasteiger partial charge in [-0.15, -0.1) is 0 Å². The van der Waals surface area contributed by atoms with Gasteiger partial charge in [-0.25, -0.2) is 8.42 Å². The van der Waals surface area contributed by atoms with E-state index < -0.39 is 10.0 Å². The molecular formula is C22H26N4O4S. The molecule has 0 spiro atoms. The molecule has 2 aromatic carbocycles. The largest absolute Gasteiger partial charge is 0.371 e. The van der Waals surface area contributed by atoms with Gasteiger partial charge in [0.1, 0.15) is 0 Å². The molecule has 31 heavy (non-hydrogen) atoms. The molecule has 2 saturated heterocycles. The number of amides is 2. The first-order valence-electron chi connectivity index (χ1n) is 10.4. The Labute approximate surface area is 182 Å². The molecule has 1 unspecified atom stereocenters. The third-order valence-electron chi connectivity index (χ3n) is 5.70. The fourth-order valence-corrected chi connectivity index (χ4v) is 5.42.